The molecular weight excluding hydrogens is 227 g/mol. The number of alkyl halides is 1. The normalized spacial score (nSPS) is 27.1. The van der Waals surface area contributed by atoms with Crippen molar-refractivity contribution in [2.45, 2.75) is 31.5 Å². The van der Waals surface area contributed by atoms with Crippen molar-refractivity contribution < 1.29 is 9.13 Å². The fourth-order valence-corrected chi connectivity index (χ4v) is 2.39. The van der Waals surface area contributed by atoms with E-state index < -0.39 is 11.8 Å². The summed E-state index contributed by atoms with van der Waals surface area (Å²) >= 11 is 0. The molecule has 0 saturated carbocycles. The van der Waals surface area contributed by atoms with Gasteiger partial charge in [0, 0.05) is 7.11 Å². The standard InChI is InChI=1S/C16H19FO/c1-3-10-16(18-2)11-9-14(12-15(16)17)13-7-5-4-6-8-13/h4-9,11-12,15H,3,10H2,1-2H3. The molecule has 0 radical (unpaired) electrons. The highest BCUT2D eigenvalue weighted by atomic mass is 19.1. The highest BCUT2D eigenvalue weighted by Gasteiger charge is 2.37. The van der Waals surface area contributed by atoms with Crippen LogP contribution in [0.3, 0.4) is 0 Å². The summed E-state index contributed by atoms with van der Waals surface area (Å²) in [5.41, 5.74) is 1.18. The number of halogens is 1. The fraction of sp³-hybridized carbons (Fsp3) is 0.375. The van der Waals surface area contributed by atoms with Crippen LogP contribution < -0.4 is 0 Å². The lowest BCUT2D eigenvalue weighted by atomic mass is 9.84. The molecule has 0 spiro atoms. The monoisotopic (exact) mass is 246 g/mol. The molecule has 0 aliphatic heterocycles. The largest absolute Gasteiger partial charge is 0.371 e. The van der Waals surface area contributed by atoms with Crippen LogP contribution >= 0.6 is 0 Å². The van der Waals surface area contributed by atoms with E-state index in [9.17, 15) is 4.39 Å². The summed E-state index contributed by atoms with van der Waals surface area (Å²) in [5.74, 6) is 0. The van der Waals surface area contributed by atoms with Gasteiger partial charge in [-0.2, -0.15) is 0 Å². The Kier molecular flexibility index (Phi) is 3.97. The zero-order valence-corrected chi connectivity index (χ0v) is 10.9. The molecule has 1 aromatic rings. The Bertz CT molecular complexity index is 449. The lowest BCUT2D eigenvalue weighted by Crippen LogP contribution is -2.40. The SMILES string of the molecule is CCCC1(OC)C=CC(c2ccccc2)=CC1F. The first-order chi connectivity index (χ1) is 8.72. The molecule has 0 amide bonds. The lowest BCUT2D eigenvalue weighted by molar-refractivity contribution is -0.0230. The molecule has 1 nitrogen and oxygen atoms in total. The topological polar surface area (TPSA) is 9.23 Å². The average Bonchev–Trinajstić information content (AvgIpc) is 2.42. The van der Waals surface area contributed by atoms with Crippen molar-refractivity contribution in [2.75, 3.05) is 7.11 Å². The number of hydrogen-bond acceptors (Lipinski definition) is 1. The van der Waals surface area contributed by atoms with Crippen LogP contribution in [-0.2, 0) is 4.74 Å². The smallest absolute Gasteiger partial charge is 0.152 e. The van der Waals surface area contributed by atoms with Crippen molar-refractivity contribution in [2.24, 2.45) is 0 Å². The Labute approximate surface area is 108 Å². The maximum absolute atomic E-state index is 14.4. The van der Waals surface area contributed by atoms with E-state index in [1.165, 1.54) is 0 Å². The Morgan fingerprint density at radius 1 is 1.28 bits per heavy atom. The zero-order chi connectivity index (χ0) is 13.0. The first-order valence-electron chi connectivity index (χ1n) is 6.37. The van der Waals surface area contributed by atoms with Gasteiger partial charge in [0.2, 0.25) is 0 Å². The van der Waals surface area contributed by atoms with Gasteiger partial charge in [-0.25, -0.2) is 4.39 Å². The van der Waals surface area contributed by atoms with Gasteiger partial charge in [0.15, 0.2) is 6.17 Å². The van der Waals surface area contributed by atoms with Gasteiger partial charge >= 0.3 is 0 Å². The van der Waals surface area contributed by atoms with Crippen molar-refractivity contribution in [3.05, 3.63) is 54.1 Å². The van der Waals surface area contributed by atoms with Crippen LogP contribution in [-0.4, -0.2) is 18.9 Å². The van der Waals surface area contributed by atoms with E-state index >= 15 is 0 Å². The van der Waals surface area contributed by atoms with Gasteiger partial charge < -0.3 is 4.74 Å². The minimum absolute atomic E-state index is 0.694. The van der Waals surface area contributed by atoms with E-state index in [0.29, 0.717) is 6.42 Å². The fourth-order valence-electron chi connectivity index (χ4n) is 2.39. The molecule has 18 heavy (non-hydrogen) atoms. The van der Waals surface area contributed by atoms with Crippen LogP contribution in [0.15, 0.2) is 48.6 Å². The zero-order valence-electron chi connectivity index (χ0n) is 10.9. The Hall–Kier alpha value is -1.41. The Morgan fingerprint density at radius 3 is 2.56 bits per heavy atom. The molecule has 0 saturated heterocycles. The van der Waals surface area contributed by atoms with E-state index in [1.54, 1.807) is 13.2 Å². The first kappa shape index (κ1) is 13.0. The van der Waals surface area contributed by atoms with Crippen molar-refractivity contribution in [3.8, 4) is 0 Å². The molecule has 96 valence electrons. The quantitative estimate of drug-likeness (QED) is 0.775. The highest BCUT2D eigenvalue weighted by molar-refractivity contribution is 5.76. The number of benzene rings is 1. The van der Waals surface area contributed by atoms with E-state index in [2.05, 4.69) is 0 Å². The molecule has 0 N–H and O–H groups in total. The predicted octanol–water partition coefficient (Wildman–Crippen LogP) is 4.16. The number of allylic oxidation sites excluding steroid dienone is 2. The van der Waals surface area contributed by atoms with Crippen molar-refractivity contribution >= 4 is 5.57 Å². The van der Waals surface area contributed by atoms with Gasteiger partial charge in [-0.05, 0) is 29.7 Å². The van der Waals surface area contributed by atoms with E-state index in [0.717, 1.165) is 17.6 Å². The summed E-state index contributed by atoms with van der Waals surface area (Å²) in [7, 11) is 1.58. The second-order valence-corrected chi connectivity index (χ2v) is 4.63. The average molecular weight is 246 g/mol. The van der Waals surface area contributed by atoms with Crippen LogP contribution in [0.1, 0.15) is 25.3 Å². The van der Waals surface area contributed by atoms with Gasteiger partial charge in [0.05, 0.1) is 0 Å². The molecule has 1 aromatic carbocycles. The van der Waals surface area contributed by atoms with Crippen molar-refractivity contribution in [1.82, 2.24) is 0 Å². The number of ether oxygens (including phenoxy) is 1. The van der Waals surface area contributed by atoms with Gasteiger partial charge in [-0.15, -0.1) is 0 Å². The number of hydrogen-bond donors (Lipinski definition) is 0. The lowest BCUT2D eigenvalue weighted by Gasteiger charge is -2.33. The minimum atomic E-state index is -1.09. The highest BCUT2D eigenvalue weighted by Crippen LogP contribution is 2.34. The molecule has 0 fully saturated rings. The summed E-state index contributed by atoms with van der Waals surface area (Å²) in [6.07, 6.45) is 5.98. The first-order valence-corrected chi connectivity index (χ1v) is 6.37. The molecular formula is C16H19FO. The van der Waals surface area contributed by atoms with Crippen LogP contribution in [0, 0.1) is 0 Å². The molecule has 0 aromatic heterocycles. The van der Waals surface area contributed by atoms with Crippen molar-refractivity contribution in [3.63, 3.8) is 0 Å². The van der Waals surface area contributed by atoms with E-state index in [4.69, 9.17) is 4.74 Å². The van der Waals surface area contributed by atoms with Gasteiger partial charge in [-0.1, -0.05) is 49.8 Å². The molecule has 0 heterocycles. The van der Waals surface area contributed by atoms with Crippen molar-refractivity contribution in [1.29, 1.82) is 0 Å². The van der Waals surface area contributed by atoms with E-state index in [1.807, 2.05) is 49.4 Å². The summed E-state index contributed by atoms with van der Waals surface area (Å²) < 4.78 is 19.8. The molecule has 2 unspecified atom stereocenters. The number of methoxy groups -OCH3 is 1. The van der Waals surface area contributed by atoms with Gasteiger partial charge in [-0.3, -0.25) is 0 Å². The maximum atomic E-state index is 14.4. The third-order valence-electron chi connectivity index (χ3n) is 3.47. The van der Waals surface area contributed by atoms with Gasteiger partial charge in [0.25, 0.3) is 0 Å². The van der Waals surface area contributed by atoms with E-state index in [-0.39, 0.29) is 0 Å². The molecule has 2 rings (SSSR count). The molecule has 1 aliphatic rings. The Balaban J connectivity index is 2.27. The third kappa shape index (κ3) is 2.39. The van der Waals surface area contributed by atoms with Crippen LogP contribution in [0.2, 0.25) is 0 Å². The van der Waals surface area contributed by atoms with Crippen LogP contribution in [0.25, 0.3) is 5.57 Å². The second-order valence-electron chi connectivity index (χ2n) is 4.63. The minimum Gasteiger partial charge on any atom is -0.371 e. The summed E-state index contributed by atoms with van der Waals surface area (Å²) in [6, 6.07) is 9.86. The Morgan fingerprint density at radius 2 is 2.00 bits per heavy atom. The van der Waals surface area contributed by atoms with Crippen LogP contribution in [0.4, 0.5) is 4.39 Å². The summed E-state index contributed by atoms with van der Waals surface area (Å²) in [5, 5.41) is 0. The summed E-state index contributed by atoms with van der Waals surface area (Å²) in [6.45, 7) is 2.04. The molecule has 2 heteroatoms. The molecule has 1 aliphatic carbocycles. The van der Waals surface area contributed by atoms with Crippen LogP contribution in [0.5, 0.6) is 0 Å². The molecule has 0 bridgehead atoms. The number of rotatable bonds is 4. The predicted molar refractivity (Wildman–Crippen MR) is 73.1 cm³/mol. The van der Waals surface area contributed by atoms with Gasteiger partial charge in [0.1, 0.15) is 5.60 Å². The second kappa shape index (κ2) is 5.49. The molecule has 2 atom stereocenters. The summed E-state index contributed by atoms with van der Waals surface area (Å²) in [4.78, 5) is 0. The third-order valence-corrected chi connectivity index (χ3v) is 3.47. The maximum Gasteiger partial charge on any atom is 0.152 e.